The van der Waals surface area contributed by atoms with Gasteiger partial charge in [0.05, 0.1) is 29.3 Å². The monoisotopic (exact) mass is 507 g/mol. The number of rotatable bonds is 6. The number of aliphatic carboxylic acids is 1. The molecule has 1 fully saturated rings. The van der Waals surface area contributed by atoms with Crippen molar-refractivity contribution in [1.29, 1.82) is 0 Å². The molecule has 3 rings (SSSR count). The van der Waals surface area contributed by atoms with Gasteiger partial charge in [0.15, 0.2) is 0 Å². The van der Waals surface area contributed by atoms with Crippen molar-refractivity contribution in [3.63, 3.8) is 0 Å². The molecule has 0 spiro atoms. The summed E-state index contributed by atoms with van der Waals surface area (Å²) in [6.07, 6.45) is -11.5. The summed E-state index contributed by atoms with van der Waals surface area (Å²) in [5.41, 5.74) is 2.91. The van der Waals surface area contributed by atoms with Gasteiger partial charge in [0.25, 0.3) is 0 Å². The van der Waals surface area contributed by atoms with Crippen LogP contribution in [0.3, 0.4) is 0 Å². The lowest BCUT2D eigenvalue weighted by Gasteiger charge is -2.42. The van der Waals surface area contributed by atoms with Crippen molar-refractivity contribution in [2.75, 3.05) is 6.54 Å². The van der Waals surface area contributed by atoms with Crippen LogP contribution in [-0.4, -0.2) is 23.7 Å². The lowest BCUT2D eigenvalue weighted by atomic mass is 9.67. The third-order valence-electron chi connectivity index (χ3n) is 6.42. The summed E-state index contributed by atoms with van der Waals surface area (Å²) < 4.78 is 99.1. The van der Waals surface area contributed by atoms with Crippen LogP contribution < -0.4 is 5.73 Å². The standard InChI is InChI=1S/C24H24F7NO3/c1-12(15-8-16(23(26,27)28)10-17(9-15)24(29,30)31)35-19-7-4-14(11-32)21(22(33)34)20(19)13-2-5-18(25)6-3-13/h2-3,5-6,8-10,12,14,19-21H,4,7,11,32H2,1H3,(H,33,34)/t12-,14-,19+,20-,21-/m1/s1. The summed E-state index contributed by atoms with van der Waals surface area (Å²) in [6.45, 7) is 1.36. The summed E-state index contributed by atoms with van der Waals surface area (Å²) in [7, 11) is 0. The minimum absolute atomic E-state index is 0.0322. The smallest absolute Gasteiger partial charge is 0.416 e. The lowest BCUT2D eigenvalue weighted by molar-refractivity contribution is -0.151. The number of hydrogen-bond acceptors (Lipinski definition) is 3. The molecule has 0 unspecified atom stereocenters. The Kier molecular flexibility index (Phi) is 7.80. The van der Waals surface area contributed by atoms with Gasteiger partial charge in [0.2, 0.25) is 0 Å². The number of alkyl halides is 6. The van der Waals surface area contributed by atoms with E-state index in [4.69, 9.17) is 10.5 Å². The second-order valence-corrected chi connectivity index (χ2v) is 8.67. The number of nitrogens with two attached hydrogens (primary N) is 1. The van der Waals surface area contributed by atoms with Crippen molar-refractivity contribution in [3.05, 3.63) is 70.5 Å². The molecule has 0 saturated heterocycles. The first-order valence-corrected chi connectivity index (χ1v) is 10.9. The van der Waals surface area contributed by atoms with Gasteiger partial charge in [0, 0.05) is 5.92 Å². The fraction of sp³-hybridized carbons (Fsp3) is 0.458. The Balaban J connectivity index is 2.00. The van der Waals surface area contributed by atoms with Crippen LogP contribution in [-0.2, 0) is 21.9 Å². The van der Waals surface area contributed by atoms with Crippen LogP contribution in [0.5, 0.6) is 0 Å². The average molecular weight is 507 g/mol. The molecule has 0 heterocycles. The minimum Gasteiger partial charge on any atom is -0.481 e. The number of carboxylic acid groups (broad SMARTS) is 1. The Morgan fingerprint density at radius 2 is 1.57 bits per heavy atom. The van der Waals surface area contributed by atoms with Crippen LogP contribution in [0.15, 0.2) is 42.5 Å². The number of ether oxygens (including phenoxy) is 1. The zero-order valence-corrected chi connectivity index (χ0v) is 18.5. The first-order chi connectivity index (χ1) is 16.2. The van der Waals surface area contributed by atoms with Crippen molar-refractivity contribution < 1.29 is 45.4 Å². The summed E-state index contributed by atoms with van der Waals surface area (Å²) in [5.74, 6) is -4.05. The molecule has 11 heteroatoms. The van der Waals surface area contributed by atoms with E-state index in [1.807, 2.05) is 0 Å². The van der Waals surface area contributed by atoms with Gasteiger partial charge >= 0.3 is 18.3 Å². The van der Waals surface area contributed by atoms with Gasteiger partial charge in [-0.3, -0.25) is 4.79 Å². The molecule has 35 heavy (non-hydrogen) atoms. The summed E-state index contributed by atoms with van der Waals surface area (Å²) in [5, 5.41) is 9.91. The molecule has 2 aromatic rings. The van der Waals surface area contributed by atoms with Gasteiger partial charge in [-0.15, -0.1) is 0 Å². The lowest BCUT2D eigenvalue weighted by Crippen LogP contribution is -2.44. The van der Waals surface area contributed by atoms with E-state index in [2.05, 4.69) is 0 Å². The third kappa shape index (κ3) is 6.13. The SMILES string of the molecule is C[C@@H](O[C@H]1CC[C@H](CN)[C@@H](C(=O)O)[C@@H]1c1ccc(F)cc1)c1cc(C(F)(F)F)cc(C(F)(F)F)c1. The molecule has 3 N–H and O–H groups in total. The van der Waals surface area contributed by atoms with Gasteiger partial charge in [-0.25, -0.2) is 4.39 Å². The normalized spacial score (nSPS) is 24.3. The molecule has 1 aliphatic carbocycles. The third-order valence-corrected chi connectivity index (χ3v) is 6.42. The van der Waals surface area contributed by atoms with Crippen LogP contribution in [0.25, 0.3) is 0 Å². The topological polar surface area (TPSA) is 72.5 Å². The number of benzene rings is 2. The molecule has 0 aromatic heterocycles. The molecule has 0 bridgehead atoms. The highest BCUT2D eigenvalue weighted by Crippen LogP contribution is 2.45. The molecular formula is C24H24F7NO3. The second-order valence-electron chi connectivity index (χ2n) is 8.67. The van der Waals surface area contributed by atoms with E-state index in [1.54, 1.807) is 0 Å². The zero-order valence-electron chi connectivity index (χ0n) is 18.5. The van der Waals surface area contributed by atoms with Gasteiger partial charge < -0.3 is 15.6 Å². The second kappa shape index (κ2) is 10.1. The van der Waals surface area contributed by atoms with E-state index in [0.29, 0.717) is 24.1 Å². The molecule has 1 saturated carbocycles. The summed E-state index contributed by atoms with van der Waals surface area (Å²) >= 11 is 0. The maximum Gasteiger partial charge on any atom is 0.416 e. The fourth-order valence-electron chi connectivity index (χ4n) is 4.70. The Morgan fingerprint density at radius 1 is 1.03 bits per heavy atom. The van der Waals surface area contributed by atoms with E-state index in [9.17, 15) is 40.6 Å². The molecule has 0 radical (unpaired) electrons. The molecule has 5 atom stereocenters. The molecular weight excluding hydrogens is 483 g/mol. The molecule has 0 aliphatic heterocycles. The molecule has 1 aliphatic rings. The predicted molar refractivity (Wildman–Crippen MR) is 112 cm³/mol. The largest absolute Gasteiger partial charge is 0.481 e. The molecule has 2 aromatic carbocycles. The van der Waals surface area contributed by atoms with Gasteiger partial charge in [0.1, 0.15) is 5.82 Å². The van der Waals surface area contributed by atoms with E-state index in [0.717, 1.165) is 12.1 Å². The quantitative estimate of drug-likeness (QED) is 0.460. The molecule has 192 valence electrons. The first kappa shape index (κ1) is 26.9. The Labute approximate surface area is 196 Å². The fourth-order valence-corrected chi connectivity index (χ4v) is 4.70. The maximum atomic E-state index is 13.5. The van der Waals surface area contributed by atoms with Crippen LogP contribution in [0.4, 0.5) is 30.7 Å². The van der Waals surface area contributed by atoms with Gasteiger partial charge in [-0.1, -0.05) is 12.1 Å². The van der Waals surface area contributed by atoms with Crippen LogP contribution in [0, 0.1) is 17.7 Å². The van der Waals surface area contributed by atoms with Crippen LogP contribution in [0.2, 0.25) is 0 Å². The highest BCUT2D eigenvalue weighted by atomic mass is 19.4. The van der Waals surface area contributed by atoms with Crippen LogP contribution >= 0.6 is 0 Å². The average Bonchev–Trinajstić information content (AvgIpc) is 2.77. The molecule has 4 nitrogen and oxygen atoms in total. The Hall–Kier alpha value is -2.66. The first-order valence-electron chi connectivity index (χ1n) is 10.9. The highest BCUT2D eigenvalue weighted by Gasteiger charge is 2.45. The molecule has 0 amide bonds. The number of halogens is 7. The number of carbonyl (C=O) groups is 1. The summed E-state index contributed by atoms with van der Waals surface area (Å²) in [4.78, 5) is 12.2. The Bertz CT molecular complexity index is 1000. The van der Waals surface area contributed by atoms with Gasteiger partial charge in [-0.2, -0.15) is 26.3 Å². The van der Waals surface area contributed by atoms with E-state index >= 15 is 0 Å². The number of carboxylic acids is 1. The van der Waals surface area contributed by atoms with Crippen LogP contribution in [0.1, 0.15) is 54.0 Å². The van der Waals surface area contributed by atoms with E-state index in [1.165, 1.54) is 19.1 Å². The highest BCUT2D eigenvalue weighted by molar-refractivity contribution is 5.72. The van der Waals surface area contributed by atoms with Gasteiger partial charge in [-0.05, 0) is 73.7 Å². The number of hydrogen-bond donors (Lipinski definition) is 2. The van der Waals surface area contributed by atoms with Crippen molar-refractivity contribution >= 4 is 5.97 Å². The predicted octanol–water partition coefficient (Wildman–Crippen LogP) is 6.16. The Morgan fingerprint density at radius 3 is 2.03 bits per heavy atom. The summed E-state index contributed by atoms with van der Waals surface area (Å²) in [6, 6.07) is 6.28. The van der Waals surface area contributed by atoms with E-state index in [-0.39, 0.29) is 24.6 Å². The van der Waals surface area contributed by atoms with Crippen molar-refractivity contribution in [2.45, 2.75) is 50.2 Å². The van der Waals surface area contributed by atoms with Crippen molar-refractivity contribution in [3.8, 4) is 0 Å². The maximum absolute atomic E-state index is 13.5. The van der Waals surface area contributed by atoms with Crippen molar-refractivity contribution in [1.82, 2.24) is 0 Å². The zero-order chi connectivity index (χ0) is 26.1. The van der Waals surface area contributed by atoms with E-state index < -0.39 is 65.2 Å². The minimum atomic E-state index is -5.01. The van der Waals surface area contributed by atoms with Crippen molar-refractivity contribution in [2.24, 2.45) is 17.6 Å².